The summed E-state index contributed by atoms with van der Waals surface area (Å²) in [5.74, 6) is -0.297. The van der Waals surface area contributed by atoms with Crippen LogP contribution in [0.25, 0.3) is 0 Å². The van der Waals surface area contributed by atoms with Gasteiger partial charge in [0.1, 0.15) is 5.82 Å². The van der Waals surface area contributed by atoms with Crippen molar-refractivity contribution in [3.05, 3.63) is 24.0 Å². The maximum Gasteiger partial charge on any atom is 0.227 e. The number of piperidine rings is 1. The molecule has 1 aliphatic carbocycles. The van der Waals surface area contributed by atoms with E-state index in [1.165, 1.54) is 18.9 Å². The van der Waals surface area contributed by atoms with Gasteiger partial charge in [0.15, 0.2) is 0 Å². The number of anilines is 2. The van der Waals surface area contributed by atoms with E-state index in [-0.39, 0.29) is 23.7 Å². The topological polar surface area (TPSA) is 53.6 Å². The lowest BCUT2D eigenvalue weighted by molar-refractivity contribution is -0.121. The third-order valence-corrected chi connectivity index (χ3v) is 5.74. The van der Waals surface area contributed by atoms with E-state index < -0.39 is 0 Å². The lowest BCUT2D eigenvalue weighted by Gasteiger charge is -2.31. The Morgan fingerprint density at radius 2 is 2.00 bits per heavy atom. The second-order valence-corrected chi connectivity index (χ2v) is 7.74. The molecular formula is C20H28FN3O2. The lowest BCUT2D eigenvalue weighted by Crippen LogP contribution is -2.39. The maximum atomic E-state index is 14.3. The van der Waals surface area contributed by atoms with Crippen LogP contribution in [0.2, 0.25) is 0 Å². The third kappa shape index (κ3) is 4.35. The van der Waals surface area contributed by atoms with Crippen molar-refractivity contribution in [3.63, 3.8) is 0 Å². The number of nitrogens with zero attached hydrogens (tertiary/aromatic N) is 1. The monoisotopic (exact) mass is 361 g/mol. The van der Waals surface area contributed by atoms with Crippen LogP contribution in [-0.4, -0.2) is 49.2 Å². The number of rotatable bonds is 6. The van der Waals surface area contributed by atoms with Crippen molar-refractivity contribution in [2.24, 2.45) is 5.92 Å². The van der Waals surface area contributed by atoms with Crippen LogP contribution in [0.3, 0.4) is 0 Å². The summed E-state index contributed by atoms with van der Waals surface area (Å²) in [7, 11) is 0. The number of carbonyl (C=O) groups excluding carboxylic acids is 1. The van der Waals surface area contributed by atoms with Gasteiger partial charge in [-0.2, -0.15) is 0 Å². The number of halogens is 1. The number of carbonyl (C=O) groups is 1. The number of likely N-dealkylation sites (tertiary alicyclic amines) is 1. The Bertz CT molecular complexity index is 636. The molecule has 1 saturated carbocycles. The Kier molecular flexibility index (Phi) is 5.41. The fourth-order valence-corrected chi connectivity index (χ4v) is 3.98. The highest BCUT2D eigenvalue weighted by atomic mass is 19.1. The molecule has 0 bridgehead atoms. The molecule has 5 nitrogen and oxygen atoms in total. The SMILES string of the molecule is O=C(Nc1ccc(NCC2CCCO2)c(F)c1)C1CCN(C2CC2)CC1. The smallest absolute Gasteiger partial charge is 0.227 e. The van der Waals surface area contributed by atoms with Crippen LogP contribution >= 0.6 is 0 Å². The molecule has 6 heteroatoms. The molecule has 1 unspecified atom stereocenters. The van der Waals surface area contributed by atoms with Crippen LogP contribution in [0, 0.1) is 11.7 Å². The van der Waals surface area contributed by atoms with Gasteiger partial charge in [-0.3, -0.25) is 4.79 Å². The van der Waals surface area contributed by atoms with E-state index in [1.54, 1.807) is 12.1 Å². The third-order valence-electron chi connectivity index (χ3n) is 5.74. The van der Waals surface area contributed by atoms with Crippen LogP contribution in [-0.2, 0) is 9.53 Å². The summed E-state index contributed by atoms with van der Waals surface area (Å²) in [6, 6.07) is 5.62. The van der Waals surface area contributed by atoms with Crippen molar-refractivity contribution in [1.82, 2.24) is 4.90 Å². The normalized spacial score (nSPS) is 24.6. The van der Waals surface area contributed by atoms with E-state index in [2.05, 4.69) is 15.5 Å². The number of nitrogens with one attached hydrogen (secondary N) is 2. The minimum atomic E-state index is -0.343. The first-order valence-electron chi connectivity index (χ1n) is 9.89. The van der Waals surface area contributed by atoms with Crippen LogP contribution in [0.4, 0.5) is 15.8 Å². The average Bonchev–Trinajstić information content (AvgIpc) is 3.37. The molecule has 1 aromatic rings. The number of benzene rings is 1. The first-order chi connectivity index (χ1) is 12.7. The van der Waals surface area contributed by atoms with Gasteiger partial charge in [0.05, 0.1) is 11.8 Å². The summed E-state index contributed by atoms with van der Waals surface area (Å²) in [4.78, 5) is 15.0. The zero-order valence-corrected chi connectivity index (χ0v) is 15.2. The van der Waals surface area contributed by atoms with Crippen LogP contribution < -0.4 is 10.6 Å². The summed E-state index contributed by atoms with van der Waals surface area (Å²) >= 11 is 0. The van der Waals surface area contributed by atoms with Gasteiger partial charge in [0, 0.05) is 30.8 Å². The second-order valence-electron chi connectivity index (χ2n) is 7.74. The second kappa shape index (κ2) is 7.92. The van der Waals surface area contributed by atoms with E-state index >= 15 is 0 Å². The van der Waals surface area contributed by atoms with Crippen molar-refractivity contribution < 1.29 is 13.9 Å². The number of hydrogen-bond acceptors (Lipinski definition) is 4. The van der Waals surface area contributed by atoms with Crippen LogP contribution in [0.15, 0.2) is 18.2 Å². The van der Waals surface area contributed by atoms with E-state index in [4.69, 9.17) is 4.74 Å². The molecule has 4 rings (SSSR count). The van der Waals surface area contributed by atoms with Crippen molar-refractivity contribution >= 4 is 17.3 Å². The van der Waals surface area contributed by atoms with Crippen molar-refractivity contribution in [2.45, 2.75) is 50.7 Å². The Labute approximate surface area is 154 Å². The fraction of sp³-hybridized carbons (Fsp3) is 0.650. The first-order valence-corrected chi connectivity index (χ1v) is 9.89. The van der Waals surface area contributed by atoms with Crippen LogP contribution in [0.5, 0.6) is 0 Å². The van der Waals surface area contributed by atoms with E-state index in [0.29, 0.717) is 17.9 Å². The molecule has 1 aromatic carbocycles. The van der Waals surface area contributed by atoms with E-state index in [1.807, 2.05) is 0 Å². The minimum Gasteiger partial charge on any atom is -0.380 e. The highest BCUT2D eigenvalue weighted by Gasteiger charge is 2.33. The van der Waals surface area contributed by atoms with E-state index in [9.17, 15) is 9.18 Å². The van der Waals surface area contributed by atoms with Crippen molar-refractivity contribution in [1.29, 1.82) is 0 Å². The minimum absolute atomic E-state index is 0.0138. The molecule has 142 valence electrons. The molecule has 2 saturated heterocycles. The summed E-state index contributed by atoms with van der Waals surface area (Å²) in [5, 5.41) is 5.99. The lowest BCUT2D eigenvalue weighted by atomic mass is 9.95. The number of amides is 1. The van der Waals surface area contributed by atoms with E-state index in [0.717, 1.165) is 51.4 Å². The molecule has 2 N–H and O–H groups in total. The summed E-state index contributed by atoms with van der Waals surface area (Å²) in [6.07, 6.45) is 6.65. The first kappa shape index (κ1) is 17.7. The van der Waals surface area contributed by atoms with Gasteiger partial charge in [-0.25, -0.2) is 4.39 Å². The zero-order valence-electron chi connectivity index (χ0n) is 15.2. The quantitative estimate of drug-likeness (QED) is 0.817. The molecule has 0 radical (unpaired) electrons. The molecule has 1 amide bonds. The van der Waals surface area contributed by atoms with Crippen LogP contribution in [0.1, 0.15) is 38.5 Å². The van der Waals surface area contributed by atoms with Gasteiger partial charge < -0.3 is 20.3 Å². The average molecular weight is 361 g/mol. The Morgan fingerprint density at radius 1 is 1.19 bits per heavy atom. The predicted molar refractivity (Wildman–Crippen MR) is 99.8 cm³/mol. The van der Waals surface area contributed by atoms with Gasteiger partial charge in [-0.1, -0.05) is 0 Å². The highest BCUT2D eigenvalue weighted by molar-refractivity contribution is 5.92. The Morgan fingerprint density at radius 3 is 2.65 bits per heavy atom. The summed E-state index contributed by atoms with van der Waals surface area (Å²) in [6.45, 7) is 3.41. The number of hydrogen-bond donors (Lipinski definition) is 2. The number of ether oxygens (including phenoxy) is 1. The van der Waals surface area contributed by atoms with Crippen molar-refractivity contribution in [3.8, 4) is 0 Å². The molecule has 2 aliphatic heterocycles. The van der Waals surface area contributed by atoms with Gasteiger partial charge >= 0.3 is 0 Å². The molecule has 2 heterocycles. The molecule has 0 aromatic heterocycles. The Balaban J connectivity index is 1.27. The molecular weight excluding hydrogens is 333 g/mol. The zero-order chi connectivity index (χ0) is 17.9. The van der Waals surface area contributed by atoms with Crippen molar-refractivity contribution in [2.75, 3.05) is 36.9 Å². The van der Waals surface area contributed by atoms with Gasteiger partial charge in [-0.05, 0) is 69.8 Å². The predicted octanol–water partition coefficient (Wildman–Crippen LogP) is 3.23. The summed E-state index contributed by atoms with van der Waals surface area (Å²) in [5.41, 5.74) is 0.982. The highest BCUT2D eigenvalue weighted by Crippen LogP contribution is 2.31. The molecule has 1 atom stereocenters. The summed E-state index contributed by atoms with van der Waals surface area (Å²) < 4.78 is 19.8. The molecule has 3 aliphatic rings. The molecule has 0 spiro atoms. The van der Waals surface area contributed by atoms with Gasteiger partial charge in [0.25, 0.3) is 0 Å². The maximum absolute atomic E-state index is 14.3. The fourth-order valence-electron chi connectivity index (χ4n) is 3.98. The standard InChI is InChI=1S/C20H28FN3O2/c21-18-12-15(3-6-19(18)22-13-17-2-1-11-26-17)23-20(25)14-7-9-24(10-8-14)16-4-5-16/h3,6,12,14,16-17,22H,1-2,4-5,7-11,13H2,(H,23,25). The molecule has 3 fully saturated rings. The van der Waals surface area contributed by atoms with Gasteiger partial charge in [-0.15, -0.1) is 0 Å². The van der Waals surface area contributed by atoms with Gasteiger partial charge in [0.2, 0.25) is 5.91 Å². The molecule has 26 heavy (non-hydrogen) atoms. The Hall–Kier alpha value is -1.66. The largest absolute Gasteiger partial charge is 0.380 e.